The summed E-state index contributed by atoms with van der Waals surface area (Å²) in [6.45, 7) is 3.42. The highest BCUT2D eigenvalue weighted by Gasteiger charge is 2.67. The number of hydrogen-bond donors (Lipinski definition) is 0. The van der Waals surface area contributed by atoms with Gasteiger partial charge in [-0.25, -0.2) is 0 Å². The van der Waals surface area contributed by atoms with Gasteiger partial charge >= 0.3 is 0 Å². The van der Waals surface area contributed by atoms with Crippen molar-refractivity contribution in [1.82, 2.24) is 4.90 Å². The summed E-state index contributed by atoms with van der Waals surface area (Å²) >= 11 is 0. The van der Waals surface area contributed by atoms with Crippen LogP contribution < -0.4 is 4.90 Å². The number of carbonyl (C=O) groups is 3. The van der Waals surface area contributed by atoms with Gasteiger partial charge < -0.3 is 0 Å². The largest absolute Gasteiger partial charge is 0.294 e. The van der Waals surface area contributed by atoms with Crippen molar-refractivity contribution in [2.75, 3.05) is 11.6 Å². The summed E-state index contributed by atoms with van der Waals surface area (Å²) in [5, 5.41) is 0. The molecule has 5 heteroatoms. The van der Waals surface area contributed by atoms with Crippen molar-refractivity contribution in [2.24, 2.45) is 35.5 Å². The minimum absolute atomic E-state index is 0.0135. The normalized spacial score (nSPS) is 36.2. The van der Waals surface area contributed by atoms with E-state index >= 15 is 0 Å². The van der Waals surface area contributed by atoms with Crippen molar-refractivity contribution in [3.8, 4) is 0 Å². The Balaban J connectivity index is 1.46. The van der Waals surface area contributed by atoms with Gasteiger partial charge in [0, 0.05) is 12.6 Å². The Morgan fingerprint density at radius 3 is 2.19 bits per heavy atom. The SMILES string of the molecule is CC(=O)N(CN1C(=O)[C@@H]2[C@@H]3C=C[C@H]([C@@H]4C[C@H]34)[C@@H]2C1=O)c1ccccc1C. The third-order valence-corrected chi connectivity index (χ3v) is 6.82. The lowest BCUT2D eigenvalue weighted by molar-refractivity contribution is -0.140. The van der Waals surface area contributed by atoms with Crippen LogP contribution in [0.4, 0.5) is 5.69 Å². The third-order valence-electron chi connectivity index (χ3n) is 6.82. The van der Waals surface area contributed by atoms with Crippen molar-refractivity contribution in [1.29, 1.82) is 0 Å². The highest BCUT2D eigenvalue weighted by molar-refractivity contribution is 6.07. The van der Waals surface area contributed by atoms with Crippen LogP contribution in [0.2, 0.25) is 0 Å². The molecule has 26 heavy (non-hydrogen) atoms. The Hall–Kier alpha value is -2.43. The van der Waals surface area contributed by atoms with Gasteiger partial charge in [-0.2, -0.15) is 0 Å². The van der Waals surface area contributed by atoms with Gasteiger partial charge in [-0.05, 0) is 48.6 Å². The highest BCUT2D eigenvalue weighted by atomic mass is 16.2. The van der Waals surface area contributed by atoms with Crippen molar-refractivity contribution in [2.45, 2.75) is 20.3 Å². The van der Waals surface area contributed by atoms with Crippen LogP contribution >= 0.6 is 0 Å². The zero-order valence-electron chi connectivity index (χ0n) is 15.0. The van der Waals surface area contributed by atoms with Crippen molar-refractivity contribution >= 4 is 23.4 Å². The Kier molecular flexibility index (Phi) is 3.21. The molecule has 3 fully saturated rings. The molecule has 5 aliphatic rings. The molecule has 1 saturated heterocycles. The van der Waals surface area contributed by atoms with Crippen LogP contribution in [0, 0.1) is 42.4 Å². The second-order valence-electron chi connectivity index (χ2n) is 8.13. The second kappa shape index (κ2) is 5.29. The summed E-state index contributed by atoms with van der Waals surface area (Å²) in [5.74, 6) is 0.805. The van der Waals surface area contributed by atoms with E-state index in [-0.39, 0.29) is 48.1 Å². The molecule has 0 radical (unpaired) electrons. The Bertz CT molecular complexity index is 825. The molecule has 1 aromatic carbocycles. The average molecular weight is 350 g/mol. The van der Waals surface area contributed by atoms with Crippen molar-refractivity contribution < 1.29 is 14.4 Å². The molecule has 0 unspecified atom stereocenters. The number of para-hydroxylation sites is 1. The van der Waals surface area contributed by atoms with Crippen LogP contribution in [0.25, 0.3) is 0 Å². The molecule has 1 aromatic rings. The maximum absolute atomic E-state index is 13.1. The molecule has 6 rings (SSSR count). The molecule has 5 nitrogen and oxygen atoms in total. The van der Waals surface area contributed by atoms with E-state index in [0.29, 0.717) is 11.8 Å². The van der Waals surface area contributed by atoms with E-state index in [2.05, 4.69) is 12.2 Å². The van der Waals surface area contributed by atoms with E-state index in [4.69, 9.17) is 0 Å². The number of rotatable bonds is 3. The maximum Gasteiger partial charge on any atom is 0.235 e. The van der Waals surface area contributed by atoms with Gasteiger partial charge in [0.2, 0.25) is 17.7 Å². The smallest absolute Gasteiger partial charge is 0.235 e. The van der Waals surface area contributed by atoms with E-state index in [1.54, 1.807) is 4.90 Å². The summed E-state index contributed by atoms with van der Waals surface area (Å²) < 4.78 is 0. The average Bonchev–Trinajstić information content (AvgIpc) is 3.40. The number of benzene rings is 1. The van der Waals surface area contributed by atoms with E-state index in [1.807, 2.05) is 31.2 Å². The number of nitrogens with zero attached hydrogens (tertiary/aromatic N) is 2. The summed E-state index contributed by atoms with van der Waals surface area (Å²) in [6, 6.07) is 7.56. The Labute approximate surface area is 152 Å². The summed E-state index contributed by atoms with van der Waals surface area (Å²) in [7, 11) is 0. The minimum Gasteiger partial charge on any atom is -0.294 e. The number of imide groups is 1. The van der Waals surface area contributed by atoms with Gasteiger partial charge in [-0.1, -0.05) is 30.4 Å². The number of allylic oxidation sites excluding steroid dienone is 2. The predicted molar refractivity (Wildman–Crippen MR) is 95.8 cm³/mol. The molecule has 134 valence electrons. The van der Waals surface area contributed by atoms with Crippen LogP contribution in [0.5, 0.6) is 0 Å². The zero-order chi connectivity index (χ0) is 18.2. The van der Waals surface area contributed by atoms with E-state index < -0.39 is 0 Å². The van der Waals surface area contributed by atoms with Gasteiger partial charge in [-0.3, -0.25) is 24.2 Å². The van der Waals surface area contributed by atoms with Gasteiger partial charge in [0.25, 0.3) is 0 Å². The Morgan fingerprint density at radius 2 is 1.65 bits per heavy atom. The molecular formula is C21H22N2O3. The number of amides is 3. The third kappa shape index (κ3) is 2.00. The van der Waals surface area contributed by atoms with Crippen LogP contribution in [-0.4, -0.2) is 29.3 Å². The lowest BCUT2D eigenvalue weighted by Gasteiger charge is -2.37. The molecule has 1 aliphatic heterocycles. The topological polar surface area (TPSA) is 57.7 Å². The van der Waals surface area contributed by atoms with Crippen molar-refractivity contribution in [3.05, 3.63) is 42.0 Å². The Morgan fingerprint density at radius 1 is 1.08 bits per heavy atom. The van der Waals surface area contributed by atoms with Gasteiger partial charge in [-0.15, -0.1) is 0 Å². The molecule has 4 aliphatic carbocycles. The molecule has 2 saturated carbocycles. The molecule has 0 aromatic heterocycles. The molecule has 0 spiro atoms. The molecule has 3 amide bonds. The minimum atomic E-state index is -0.216. The predicted octanol–water partition coefficient (Wildman–Crippen LogP) is 2.36. The van der Waals surface area contributed by atoms with Gasteiger partial charge in [0.1, 0.15) is 6.67 Å². The van der Waals surface area contributed by atoms with Gasteiger partial charge in [0.05, 0.1) is 11.8 Å². The number of likely N-dealkylation sites (tertiary alicyclic amines) is 1. The standard InChI is InChI=1S/C21H22N2O3/c1-11-5-3-4-6-17(11)22(12(2)24)10-23-20(25)18-13-7-8-14(16-9-15(13)16)19(18)21(23)26/h3-8,13-16,18-19H,9-10H2,1-2H3/t13-,14-,15-,16+,18-,19+/m1/s1. The number of carbonyl (C=O) groups excluding carboxylic acids is 3. The summed E-state index contributed by atoms with van der Waals surface area (Å²) in [4.78, 5) is 41.4. The first-order valence-corrected chi connectivity index (χ1v) is 9.36. The fourth-order valence-corrected chi connectivity index (χ4v) is 5.51. The summed E-state index contributed by atoms with van der Waals surface area (Å²) in [5.41, 5.74) is 1.70. The fraction of sp³-hybridized carbons (Fsp3) is 0.476. The van der Waals surface area contributed by atoms with Crippen molar-refractivity contribution in [3.63, 3.8) is 0 Å². The lowest BCUT2D eigenvalue weighted by atomic mass is 9.63. The summed E-state index contributed by atoms with van der Waals surface area (Å²) in [6.07, 6.45) is 5.48. The van der Waals surface area contributed by atoms with Crippen LogP contribution in [0.1, 0.15) is 18.9 Å². The molecule has 0 N–H and O–H groups in total. The molecule has 1 heterocycles. The van der Waals surface area contributed by atoms with E-state index in [1.165, 1.54) is 11.8 Å². The van der Waals surface area contributed by atoms with Crippen LogP contribution in [-0.2, 0) is 14.4 Å². The fourth-order valence-electron chi connectivity index (χ4n) is 5.51. The first-order valence-electron chi connectivity index (χ1n) is 9.36. The first-order chi connectivity index (χ1) is 12.5. The maximum atomic E-state index is 13.1. The number of anilines is 1. The lowest BCUT2D eigenvalue weighted by Crippen LogP contribution is -2.44. The first kappa shape index (κ1) is 15.8. The number of hydrogen-bond acceptors (Lipinski definition) is 3. The molecular weight excluding hydrogens is 328 g/mol. The zero-order valence-corrected chi connectivity index (χ0v) is 15.0. The molecule has 2 bridgehead atoms. The molecule has 6 atom stereocenters. The van der Waals surface area contributed by atoms with E-state index in [0.717, 1.165) is 17.7 Å². The van der Waals surface area contributed by atoms with Gasteiger partial charge in [0.15, 0.2) is 0 Å². The monoisotopic (exact) mass is 350 g/mol. The van der Waals surface area contributed by atoms with Crippen LogP contribution in [0.15, 0.2) is 36.4 Å². The second-order valence-corrected chi connectivity index (χ2v) is 8.13. The quantitative estimate of drug-likeness (QED) is 0.621. The van der Waals surface area contributed by atoms with Crippen LogP contribution in [0.3, 0.4) is 0 Å². The number of aryl methyl sites for hydroxylation is 1. The highest BCUT2D eigenvalue weighted by Crippen LogP contribution is 2.65. The van der Waals surface area contributed by atoms with E-state index in [9.17, 15) is 14.4 Å².